The molecule has 2 rings (SSSR count). The third kappa shape index (κ3) is 4.17. The standard InChI is InChI=1S/C17H21N5O3/c1-10-5-6-12(19-17(25)21(2)3)8-13(10)20-16(24)14-7-11(15(18)23)9-22(14)4/h5-9H,1-4H3,(H2,18,23)(H,19,25)(H,20,24). The summed E-state index contributed by atoms with van der Waals surface area (Å²) < 4.78 is 1.53. The van der Waals surface area contributed by atoms with E-state index in [1.54, 1.807) is 39.3 Å². The van der Waals surface area contributed by atoms with Crippen molar-refractivity contribution in [3.05, 3.63) is 47.3 Å². The van der Waals surface area contributed by atoms with Crippen LogP contribution in [0.4, 0.5) is 16.2 Å². The van der Waals surface area contributed by atoms with Gasteiger partial charge < -0.3 is 25.8 Å². The van der Waals surface area contributed by atoms with Crippen molar-refractivity contribution in [1.29, 1.82) is 0 Å². The number of amides is 4. The van der Waals surface area contributed by atoms with Crippen molar-refractivity contribution in [3.63, 3.8) is 0 Å². The summed E-state index contributed by atoms with van der Waals surface area (Å²) >= 11 is 0. The van der Waals surface area contributed by atoms with Crippen LogP contribution < -0.4 is 16.4 Å². The number of carbonyl (C=O) groups excluding carboxylic acids is 3. The summed E-state index contributed by atoms with van der Waals surface area (Å²) in [6, 6.07) is 6.38. The number of nitrogens with zero attached hydrogens (tertiary/aromatic N) is 2. The molecule has 0 unspecified atom stereocenters. The molecule has 0 aliphatic carbocycles. The molecule has 0 fully saturated rings. The maximum atomic E-state index is 12.5. The second kappa shape index (κ2) is 7.08. The lowest BCUT2D eigenvalue weighted by molar-refractivity contribution is 0.0998. The van der Waals surface area contributed by atoms with Crippen LogP contribution >= 0.6 is 0 Å². The highest BCUT2D eigenvalue weighted by atomic mass is 16.2. The molecular formula is C17H21N5O3. The monoisotopic (exact) mass is 343 g/mol. The first-order valence-electron chi connectivity index (χ1n) is 7.55. The van der Waals surface area contributed by atoms with E-state index in [4.69, 9.17) is 5.73 Å². The number of urea groups is 1. The molecule has 0 radical (unpaired) electrons. The van der Waals surface area contributed by atoms with Gasteiger partial charge in [-0.05, 0) is 30.7 Å². The molecule has 25 heavy (non-hydrogen) atoms. The van der Waals surface area contributed by atoms with Crippen LogP contribution in [0, 0.1) is 6.92 Å². The maximum absolute atomic E-state index is 12.5. The molecule has 4 N–H and O–H groups in total. The molecule has 0 spiro atoms. The Bertz CT molecular complexity index is 839. The van der Waals surface area contributed by atoms with Gasteiger partial charge in [-0.15, -0.1) is 0 Å². The SMILES string of the molecule is Cc1ccc(NC(=O)N(C)C)cc1NC(=O)c1cc(C(N)=O)cn1C. The normalized spacial score (nSPS) is 10.2. The summed E-state index contributed by atoms with van der Waals surface area (Å²) in [6.45, 7) is 1.84. The fourth-order valence-electron chi connectivity index (χ4n) is 2.18. The smallest absolute Gasteiger partial charge is 0.321 e. The molecule has 1 aromatic carbocycles. The van der Waals surface area contributed by atoms with Crippen LogP contribution in [-0.2, 0) is 7.05 Å². The number of nitrogens with one attached hydrogen (secondary N) is 2. The second-order valence-electron chi connectivity index (χ2n) is 5.90. The summed E-state index contributed by atoms with van der Waals surface area (Å²) in [5, 5.41) is 5.51. The van der Waals surface area contributed by atoms with E-state index in [2.05, 4.69) is 10.6 Å². The predicted molar refractivity (Wildman–Crippen MR) is 95.8 cm³/mol. The van der Waals surface area contributed by atoms with Gasteiger partial charge in [0.25, 0.3) is 5.91 Å². The summed E-state index contributed by atoms with van der Waals surface area (Å²) in [6.07, 6.45) is 1.50. The van der Waals surface area contributed by atoms with Crippen LogP contribution in [0.3, 0.4) is 0 Å². The second-order valence-corrected chi connectivity index (χ2v) is 5.90. The molecule has 0 aliphatic rings. The minimum absolute atomic E-state index is 0.261. The average molecular weight is 343 g/mol. The predicted octanol–water partition coefficient (Wildman–Crippen LogP) is 1.78. The molecule has 0 saturated heterocycles. The number of aryl methyl sites for hydroxylation is 2. The van der Waals surface area contributed by atoms with Gasteiger partial charge in [-0.1, -0.05) is 6.07 Å². The van der Waals surface area contributed by atoms with E-state index in [0.29, 0.717) is 17.1 Å². The largest absolute Gasteiger partial charge is 0.366 e. The van der Waals surface area contributed by atoms with Crippen LogP contribution in [0.5, 0.6) is 0 Å². The van der Waals surface area contributed by atoms with Gasteiger partial charge in [0.2, 0.25) is 5.91 Å². The summed E-state index contributed by atoms with van der Waals surface area (Å²) in [5.74, 6) is -0.978. The van der Waals surface area contributed by atoms with Crippen molar-refractivity contribution in [3.8, 4) is 0 Å². The Hall–Kier alpha value is -3.29. The number of hydrogen-bond acceptors (Lipinski definition) is 3. The van der Waals surface area contributed by atoms with E-state index < -0.39 is 5.91 Å². The van der Waals surface area contributed by atoms with E-state index in [-0.39, 0.29) is 17.5 Å². The zero-order valence-electron chi connectivity index (χ0n) is 14.6. The van der Waals surface area contributed by atoms with E-state index in [1.807, 2.05) is 6.92 Å². The summed E-state index contributed by atoms with van der Waals surface area (Å²) in [5.41, 5.74) is 7.75. The third-order valence-corrected chi connectivity index (χ3v) is 3.67. The van der Waals surface area contributed by atoms with Gasteiger partial charge in [0.05, 0.1) is 5.56 Å². The van der Waals surface area contributed by atoms with E-state index in [9.17, 15) is 14.4 Å². The number of primary amides is 1. The Morgan fingerprint density at radius 2 is 1.80 bits per heavy atom. The van der Waals surface area contributed by atoms with E-state index >= 15 is 0 Å². The number of aromatic nitrogens is 1. The highest BCUT2D eigenvalue weighted by Crippen LogP contribution is 2.21. The van der Waals surface area contributed by atoms with Gasteiger partial charge in [0.15, 0.2) is 0 Å². The van der Waals surface area contributed by atoms with E-state index in [0.717, 1.165) is 5.56 Å². The Morgan fingerprint density at radius 1 is 1.12 bits per heavy atom. The number of anilines is 2. The number of rotatable bonds is 4. The van der Waals surface area contributed by atoms with E-state index in [1.165, 1.54) is 21.7 Å². The maximum Gasteiger partial charge on any atom is 0.321 e. The van der Waals surface area contributed by atoms with Crippen LogP contribution in [0.2, 0.25) is 0 Å². The van der Waals surface area contributed by atoms with Crippen molar-refractivity contribution in [2.75, 3.05) is 24.7 Å². The minimum atomic E-state index is -0.598. The van der Waals surface area contributed by atoms with Crippen LogP contribution in [0.25, 0.3) is 0 Å². The van der Waals surface area contributed by atoms with Crippen LogP contribution in [0.15, 0.2) is 30.5 Å². The molecule has 4 amide bonds. The van der Waals surface area contributed by atoms with Crippen molar-refractivity contribution in [2.24, 2.45) is 12.8 Å². The van der Waals surface area contributed by atoms with Crippen LogP contribution in [-0.4, -0.2) is 41.4 Å². The zero-order valence-corrected chi connectivity index (χ0v) is 14.6. The molecule has 1 heterocycles. The van der Waals surface area contributed by atoms with Gasteiger partial charge >= 0.3 is 6.03 Å². The number of hydrogen-bond donors (Lipinski definition) is 3. The lowest BCUT2D eigenvalue weighted by Gasteiger charge is -2.14. The molecule has 0 bridgehead atoms. The lowest BCUT2D eigenvalue weighted by atomic mass is 10.1. The highest BCUT2D eigenvalue weighted by Gasteiger charge is 2.15. The molecule has 2 aromatic rings. The van der Waals surface area contributed by atoms with Crippen molar-refractivity contribution < 1.29 is 14.4 Å². The fourth-order valence-corrected chi connectivity index (χ4v) is 2.18. The van der Waals surface area contributed by atoms with Crippen molar-refractivity contribution in [2.45, 2.75) is 6.92 Å². The molecule has 0 atom stereocenters. The number of nitrogens with two attached hydrogens (primary N) is 1. The number of benzene rings is 1. The minimum Gasteiger partial charge on any atom is -0.366 e. The van der Waals surface area contributed by atoms with Gasteiger partial charge in [-0.25, -0.2) is 4.79 Å². The van der Waals surface area contributed by atoms with Gasteiger partial charge in [-0.3, -0.25) is 9.59 Å². The molecule has 0 saturated carbocycles. The van der Waals surface area contributed by atoms with Gasteiger partial charge in [-0.2, -0.15) is 0 Å². The summed E-state index contributed by atoms with van der Waals surface area (Å²) in [7, 11) is 4.93. The highest BCUT2D eigenvalue weighted by molar-refractivity contribution is 6.06. The van der Waals surface area contributed by atoms with Crippen LogP contribution in [0.1, 0.15) is 26.4 Å². The third-order valence-electron chi connectivity index (χ3n) is 3.67. The first-order chi connectivity index (χ1) is 11.7. The molecule has 8 heteroatoms. The molecule has 0 aliphatic heterocycles. The Morgan fingerprint density at radius 3 is 2.36 bits per heavy atom. The van der Waals surface area contributed by atoms with Gasteiger partial charge in [0, 0.05) is 38.7 Å². The Kier molecular flexibility index (Phi) is 5.11. The Balaban J connectivity index is 2.23. The zero-order chi connectivity index (χ0) is 18.7. The van der Waals surface area contributed by atoms with Gasteiger partial charge in [0.1, 0.15) is 5.69 Å². The average Bonchev–Trinajstić information content (AvgIpc) is 2.92. The lowest BCUT2D eigenvalue weighted by Crippen LogP contribution is -2.27. The summed E-state index contributed by atoms with van der Waals surface area (Å²) in [4.78, 5) is 36.9. The molecular weight excluding hydrogens is 322 g/mol. The molecule has 8 nitrogen and oxygen atoms in total. The fraction of sp³-hybridized carbons (Fsp3) is 0.235. The number of carbonyl (C=O) groups is 3. The van der Waals surface area contributed by atoms with Crippen molar-refractivity contribution >= 4 is 29.2 Å². The Labute approximate surface area is 145 Å². The topological polar surface area (TPSA) is 109 Å². The molecule has 1 aromatic heterocycles. The molecule has 132 valence electrons. The first-order valence-corrected chi connectivity index (χ1v) is 7.55. The van der Waals surface area contributed by atoms with Crippen molar-refractivity contribution in [1.82, 2.24) is 9.47 Å². The first kappa shape index (κ1) is 18.1. The quantitative estimate of drug-likeness (QED) is 0.787.